The Kier molecular flexibility index (Phi) is 6.88. The molecule has 194 valence electrons. The third-order valence-electron chi connectivity index (χ3n) is 8.60. The summed E-state index contributed by atoms with van der Waals surface area (Å²) in [5, 5.41) is 1.37. The lowest BCUT2D eigenvalue weighted by molar-refractivity contribution is -0.131. The number of amides is 2. The van der Waals surface area contributed by atoms with Crippen molar-refractivity contribution in [2.75, 3.05) is 26.2 Å². The van der Waals surface area contributed by atoms with Crippen LogP contribution in [0.3, 0.4) is 0 Å². The molecule has 2 heterocycles. The zero-order valence-electron chi connectivity index (χ0n) is 21.8. The van der Waals surface area contributed by atoms with Gasteiger partial charge in [0.15, 0.2) is 0 Å². The molecular formula is C30H34ClN3O3. The Morgan fingerprint density at radius 2 is 1.78 bits per heavy atom. The fourth-order valence-electron chi connectivity index (χ4n) is 6.35. The van der Waals surface area contributed by atoms with Crippen LogP contribution < -0.4 is 0 Å². The van der Waals surface area contributed by atoms with Crippen molar-refractivity contribution in [2.24, 2.45) is 5.92 Å². The summed E-state index contributed by atoms with van der Waals surface area (Å²) in [6, 6.07) is 13.6. The van der Waals surface area contributed by atoms with Crippen molar-refractivity contribution in [3.05, 3.63) is 70.4 Å². The highest BCUT2D eigenvalue weighted by Crippen LogP contribution is 2.45. The first kappa shape index (κ1) is 25.5. The molecule has 0 unspecified atom stereocenters. The van der Waals surface area contributed by atoms with Gasteiger partial charge in [0.05, 0.1) is 16.5 Å². The number of fused-ring (bicyclic) bond motifs is 2. The van der Waals surface area contributed by atoms with E-state index in [0.29, 0.717) is 43.2 Å². The van der Waals surface area contributed by atoms with E-state index >= 15 is 0 Å². The topological polar surface area (TPSA) is 62.6 Å². The number of ketones is 1. The van der Waals surface area contributed by atoms with Gasteiger partial charge in [-0.3, -0.25) is 14.4 Å². The van der Waals surface area contributed by atoms with Crippen molar-refractivity contribution in [2.45, 2.75) is 52.0 Å². The van der Waals surface area contributed by atoms with Gasteiger partial charge in [-0.2, -0.15) is 0 Å². The number of carbonyl (C=O) groups is 3. The van der Waals surface area contributed by atoms with Crippen LogP contribution in [0.15, 0.2) is 48.7 Å². The highest BCUT2D eigenvalue weighted by atomic mass is 35.5. The fourth-order valence-corrected chi connectivity index (χ4v) is 6.52. The molecule has 1 aliphatic heterocycles. The van der Waals surface area contributed by atoms with E-state index in [9.17, 15) is 14.4 Å². The zero-order chi connectivity index (χ0) is 26.3. The number of rotatable bonds is 6. The molecule has 1 aromatic heterocycles. The van der Waals surface area contributed by atoms with Crippen LogP contribution in [0.1, 0.15) is 55.1 Å². The van der Waals surface area contributed by atoms with Gasteiger partial charge in [-0.1, -0.05) is 41.9 Å². The van der Waals surface area contributed by atoms with E-state index in [1.165, 1.54) is 0 Å². The number of aromatic nitrogens is 1. The summed E-state index contributed by atoms with van der Waals surface area (Å²) in [6.45, 7) is 8.66. The van der Waals surface area contributed by atoms with Gasteiger partial charge in [0.25, 0.3) is 5.91 Å². The minimum atomic E-state index is -0.483. The van der Waals surface area contributed by atoms with Crippen molar-refractivity contribution >= 4 is 40.1 Å². The normalized spacial score (nSPS) is 19.9. The van der Waals surface area contributed by atoms with Crippen LogP contribution in [0.4, 0.5) is 0 Å². The third kappa shape index (κ3) is 4.35. The third-order valence-corrected chi connectivity index (χ3v) is 8.84. The maximum absolute atomic E-state index is 13.7. The van der Waals surface area contributed by atoms with Crippen LogP contribution in [0.2, 0.25) is 5.02 Å². The molecule has 0 spiro atoms. The molecule has 2 amide bonds. The summed E-state index contributed by atoms with van der Waals surface area (Å²) in [5.74, 6) is 0.468. The quantitative estimate of drug-likeness (QED) is 0.455. The smallest absolute Gasteiger partial charge is 0.256 e. The first-order valence-electron chi connectivity index (χ1n) is 13.2. The van der Waals surface area contributed by atoms with Crippen LogP contribution in [0.5, 0.6) is 0 Å². The van der Waals surface area contributed by atoms with Gasteiger partial charge in [0.2, 0.25) is 5.91 Å². The van der Waals surface area contributed by atoms with Crippen LogP contribution in [0.25, 0.3) is 10.9 Å². The second-order valence-corrected chi connectivity index (χ2v) is 10.9. The van der Waals surface area contributed by atoms with Crippen LogP contribution in [0, 0.1) is 5.92 Å². The van der Waals surface area contributed by atoms with E-state index in [-0.39, 0.29) is 30.1 Å². The molecule has 7 heteroatoms. The second kappa shape index (κ2) is 9.97. The molecule has 0 N–H and O–H groups in total. The number of halogens is 1. The lowest BCUT2D eigenvalue weighted by Gasteiger charge is -2.40. The van der Waals surface area contributed by atoms with Gasteiger partial charge in [-0.25, -0.2) is 0 Å². The molecule has 3 aromatic rings. The largest absolute Gasteiger partial charge is 0.342 e. The number of hydrogen-bond donors (Lipinski definition) is 0. The van der Waals surface area contributed by atoms with Gasteiger partial charge < -0.3 is 14.4 Å². The predicted molar refractivity (Wildman–Crippen MR) is 146 cm³/mol. The van der Waals surface area contributed by atoms with Crippen LogP contribution in [-0.4, -0.2) is 58.1 Å². The van der Waals surface area contributed by atoms with E-state index < -0.39 is 5.41 Å². The molecule has 1 aliphatic carbocycles. The molecule has 1 atom stereocenters. The number of likely N-dealkylation sites (tertiary alicyclic amines) is 1. The van der Waals surface area contributed by atoms with Gasteiger partial charge >= 0.3 is 0 Å². The molecule has 6 nitrogen and oxygen atoms in total. The number of Topliss-reactive ketones (excluding diaryl/α,β-unsaturated/α-hetero) is 1. The van der Waals surface area contributed by atoms with Crippen molar-refractivity contribution in [3.8, 4) is 0 Å². The summed E-state index contributed by atoms with van der Waals surface area (Å²) < 4.78 is 1.84. The van der Waals surface area contributed by atoms with E-state index in [1.807, 2.05) is 47.6 Å². The van der Waals surface area contributed by atoms with Gasteiger partial charge in [0, 0.05) is 49.2 Å². The lowest BCUT2D eigenvalue weighted by Crippen LogP contribution is -2.46. The maximum Gasteiger partial charge on any atom is 0.256 e. The summed E-state index contributed by atoms with van der Waals surface area (Å²) >= 11 is 6.29. The summed E-state index contributed by atoms with van der Waals surface area (Å²) in [6.07, 6.45) is 3.87. The monoisotopic (exact) mass is 519 g/mol. The highest BCUT2D eigenvalue weighted by molar-refractivity contribution is 6.31. The molecular weight excluding hydrogens is 486 g/mol. The summed E-state index contributed by atoms with van der Waals surface area (Å²) in [7, 11) is 0. The maximum atomic E-state index is 13.7. The first-order chi connectivity index (χ1) is 17.8. The number of piperidine rings is 1. The molecule has 5 rings (SSSR count). The lowest BCUT2D eigenvalue weighted by atomic mass is 9.68. The van der Waals surface area contributed by atoms with Crippen LogP contribution in [-0.2, 0) is 28.0 Å². The van der Waals surface area contributed by atoms with E-state index in [2.05, 4.69) is 19.1 Å². The average Bonchev–Trinajstić information content (AvgIpc) is 3.38. The Bertz CT molecular complexity index is 1370. The van der Waals surface area contributed by atoms with Gasteiger partial charge in [0.1, 0.15) is 12.3 Å². The van der Waals surface area contributed by atoms with Crippen molar-refractivity contribution < 1.29 is 14.4 Å². The van der Waals surface area contributed by atoms with E-state index in [4.69, 9.17) is 11.6 Å². The molecule has 0 bridgehead atoms. The Labute approximate surface area is 223 Å². The van der Waals surface area contributed by atoms with Crippen molar-refractivity contribution in [1.82, 2.24) is 14.4 Å². The minimum Gasteiger partial charge on any atom is -0.342 e. The number of likely N-dealkylation sites (N-methyl/N-ethyl adjacent to an activating group) is 1. The summed E-state index contributed by atoms with van der Waals surface area (Å²) in [5.41, 5.74) is 3.18. The van der Waals surface area contributed by atoms with Crippen molar-refractivity contribution in [3.63, 3.8) is 0 Å². The number of benzene rings is 2. The van der Waals surface area contributed by atoms with E-state index in [1.54, 1.807) is 17.2 Å². The average molecular weight is 520 g/mol. The highest BCUT2D eigenvalue weighted by Gasteiger charge is 2.48. The zero-order valence-corrected chi connectivity index (χ0v) is 22.6. The number of hydrogen-bond acceptors (Lipinski definition) is 3. The SMILES string of the molecule is CCN(CC)C(=O)Cn1cc(C(=O)N2CCC([C@@]3(C)C(=O)Cc4ccccc43)CC2)c2ccc(Cl)cc21. The Morgan fingerprint density at radius 1 is 1.08 bits per heavy atom. The molecule has 1 saturated heterocycles. The van der Waals surface area contributed by atoms with Crippen molar-refractivity contribution in [1.29, 1.82) is 0 Å². The van der Waals surface area contributed by atoms with E-state index in [0.717, 1.165) is 34.9 Å². The molecule has 1 fully saturated rings. The molecule has 0 saturated carbocycles. The standard InChI is InChI=1S/C30H34ClN3O3/c1-4-32(5-2)28(36)19-34-18-24(23-11-10-22(31)17-26(23)34)29(37)33-14-12-21(13-15-33)30(3)25-9-7-6-8-20(25)16-27(30)35/h6-11,17-18,21H,4-5,12-16,19H2,1-3H3/t30-/m1/s1. The molecule has 2 aliphatic rings. The fraction of sp³-hybridized carbons (Fsp3) is 0.433. The number of carbonyl (C=O) groups excluding carboxylic acids is 3. The predicted octanol–water partition coefficient (Wildman–Crippen LogP) is 5.10. The summed E-state index contributed by atoms with van der Waals surface area (Å²) in [4.78, 5) is 43.4. The van der Waals surface area contributed by atoms with Crippen LogP contribution >= 0.6 is 11.6 Å². The molecule has 0 radical (unpaired) electrons. The minimum absolute atomic E-state index is 0.0106. The number of nitrogens with zero attached hydrogens (tertiary/aromatic N) is 3. The Hall–Kier alpha value is -3.12. The van der Waals surface area contributed by atoms with Gasteiger partial charge in [-0.05, 0) is 62.8 Å². The first-order valence-corrected chi connectivity index (χ1v) is 13.6. The molecule has 2 aromatic carbocycles. The Morgan fingerprint density at radius 3 is 2.49 bits per heavy atom. The Balaban J connectivity index is 1.37. The molecule has 37 heavy (non-hydrogen) atoms. The van der Waals surface area contributed by atoms with Gasteiger partial charge in [-0.15, -0.1) is 0 Å². The second-order valence-electron chi connectivity index (χ2n) is 10.4.